The molecule has 2 amide bonds. The molecular weight excluding hydrogens is 478 g/mol. The average molecular weight is 508 g/mol. The number of nitrogens with zero attached hydrogens (tertiary/aromatic N) is 1. The third-order valence-corrected chi connectivity index (χ3v) is 6.16. The molecule has 0 atom stereocenters. The highest BCUT2D eigenvalue weighted by molar-refractivity contribution is 6.30. The minimum Gasteiger partial charge on any atom is -0.489 e. The van der Waals surface area contributed by atoms with Crippen LogP contribution in [0.1, 0.15) is 53.0 Å². The number of aromatic nitrogens is 1. The predicted molar refractivity (Wildman–Crippen MR) is 142 cm³/mol. The summed E-state index contributed by atoms with van der Waals surface area (Å²) in [7, 11) is 0. The van der Waals surface area contributed by atoms with Crippen molar-refractivity contribution in [2.45, 2.75) is 38.3 Å². The molecule has 1 aromatic heterocycles. The van der Waals surface area contributed by atoms with Crippen LogP contribution >= 0.6 is 11.6 Å². The van der Waals surface area contributed by atoms with Crippen molar-refractivity contribution in [3.05, 3.63) is 82.5 Å². The van der Waals surface area contributed by atoms with Crippen LogP contribution < -0.4 is 26.4 Å². The highest BCUT2D eigenvalue weighted by Crippen LogP contribution is 2.29. The van der Waals surface area contributed by atoms with Crippen LogP contribution in [-0.4, -0.2) is 36.0 Å². The molecule has 1 aliphatic rings. The number of carbonyl (C=O) groups is 2. The Morgan fingerprint density at radius 2 is 1.75 bits per heavy atom. The van der Waals surface area contributed by atoms with Crippen molar-refractivity contribution >= 4 is 34.9 Å². The predicted octanol–water partition coefficient (Wildman–Crippen LogP) is 4.56. The van der Waals surface area contributed by atoms with Gasteiger partial charge in [0.05, 0.1) is 21.8 Å². The lowest BCUT2D eigenvalue weighted by Gasteiger charge is -2.27. The van der Waals surface area contributed by atoms with Crippen LogP contribution in [0, 0.1) is 0 Å². The van der Waals surface area contributed by atoms with E-state index in [1.54, 1.807) is 42.5 Å². The standard InChI is InChI=1S/C27H30ClN5O3/c1-27(2,29)17-7-9-21(23(15-17)36-19-11-13-30-14-12-19)26(35)32-22-6-4-3-5-20(22)25(34)33-24-10-8-18(28)16-31-24/h3-10,15-16,19,30H,11-14,29H2,1-2H3,(H,32,35)(H,31,33,34). The van der Waals surface area contributed by atoms with Gasteiger partial charge in [-0.2, -0.15) is 0 Å². The Bertz CT molecular complexity index is 1230. The van der Waals surface area contributed by atoms with E-state index in [1.807, 2.05) is 26.0 Å². The number of rotatable bonds is 7. The monoisotopic (exact) mass is 507 g/mol. The van der Waals surface area contributed by atoms with Gasteiger partial charge in [-0.15, -0.1) is 0 Å². The highest BCUT2D eigenvalue weighted by atomic mass is 35.5. The zero-order valence-electron chi connectivity index (χ0n) is 20.3. The summed E-state index contributed by atoms with van der Waals surface area (Å²) in [5.41, 5.74) is 7.61. The zero-order chi connectivity index (χ0) is 25.7. The molecule has 2 aromatic carbocycles. The molecule has 0 radical (unpaired) electrons. The molecule has 8 nitrogen and oxygen atoms in total. The fraction of sp³-hybridized carbons (Fsp3) is 0.296. The topological polar surface area (TPSA) is 118 Å². The van der Waals surface area contributed by atoms with Gasteiger partial charge in [0.15, 0.2) is 0 Å². The average Bonchev–Trinajstić information content (AvgIpc) is 2.85. The van der Waals surface area contributed by atoms with E-state index in [2.05, 4.69) is 20.9 Å². The molecule has 1 aliphatic heterocycles. The quantitative estimate of drug-likeness (QED) is 0.372. The second-order valence-corrected chi connectivity index (χ2v) is 9.75. The molecule has 2 heterocycles. The molecule has 1 saturated heterocycles. The lowest BCUT2D eigenvalue weighted by atomic mass is 9.94. The number of benzene rings is 2. The van der Waals surface area contributed by atoms with E-state index in [4.69, 9.17) is 22.1 Å². The largest absolute Gasteiger partial charge is 0.489 e. The van der Waals surface area contributed by atoms with Gasteiger partial charge in [0.25, 0.3) is 11.8 Å². The number of ether oxygens (including phenoxy) is 1. The highest BCUT2D eigenvalue weighted by Gasteiger charge is 2.23. The Kier molecular flexibility index (Phi) is 7.88. The van der Waals surface area contributed by atoms with Gasteiger partial charge >= 0.3 is 0 Å². The molecule has 188 valence electrons. The number of carbonyl (C=O) groups excluding carboxylic acids is 2. The summed E-state index contributed by atoms with van der Waals surface area (Å²) in [6.45, 7) is 5.53. The summed E-state index contributed by atoms with van der Waals surface area (Å²) < 4.78 is 6.29. The first kappa shape index (κ1) is 25.6. The molecule has 0 spiro atoms. The van der Waals surface area contributed by atoms with Gasteiger partial charge in [-0.3, -0.25) is 9.59 Å². The molecule has 4 rings (SSSR count). The Morgan fingerprint density at radius 1 is 1.03 bits per heavy atom. The van der Waals surface area contributed by atoms with Crippen LogP contribution in [0.25, 0.3) is 0 Å². The van der Waals surface area contributed by atoms with Crippen molar-refractivity contribution in [1.82, 2.24) is 10.3 Å². The Labute approximate surface area is 215 Å². The number of nitrogens with two attached hydrogens (primary N) is 1. The van der Waals surface area contributed by atoms with Gasteiger partial charge in [-0.25, -0.2) is 4.98 Å². The van der Waals surface area contributed by atoms with Gasteiger partial charge < -0.3 is 26.4 Å². The molecule has 0 aliphatic carbocycles. The molecular formula is C27H30ClN5O3. The number of halogens is 1. The summed E-state index contributed by atoms with van der Waals surface area (Å²) in [6, 6.07) is 15.4. The second kappa shape index (κ2) is 11.1. The third kappa shape index (κ3) is 6.40. The van der Waals surface area contributed by atoms with E-state index in [1.165, 1.54) is 6.20 Å². The smallest absolute Gasteiger partial charge is 0.259 e. The van der Waals surface area contributed by atoms with Crippen molar-refractivity contribution in [3.8, 4) is 5.75 Å². The van der Waals surface area contributed by atoms with Crippen LogP contribution in [-0.2, 0) is 5.54 Å². The Balaban J connectivity index is 1.58. The summed E-state index contributed by atoms with van der Waals surface area (Å²) in [5, 5.41) is 9.38. The lowest BCUT2D eigenvalue weighted by molar-refractivity contribution is 0.101. The van der Waals surface area contributed by atoms with Gasteiger partial charge in [0.1, 0.15) is 17.7 Å². The Morgan fingerprint density at radius 3 is 2.44 bits per heavy atom. The van der Waals surface area contributed by atoms with Crippen molar-refractivity contribution < 1.29 is 14.3 Å². The number of hydrogen-bond donors (Lipinski definition) is 4. The van der Waals surface area contributed by atoms with Crippen molar-refractivity contribution in [2.75, 3.05) is 23.7 Å². The van der Waals surface area contributed by atoms with E-state index >= 15 is 0 Å². The normalized spacial score (nSPS) is 14.2. The molecule has 9 heteroatoms. The van der Waals surface area contributed by atoms with Crippen LogP contribution in [0.4, 0.5) is 11.5 Å². The number of hydrogen-bond acceptors (Lipinski definition) is 6. The minimum absolute atomic E-state index is 0.00104. The first-order valence-electron chi connectivity index (χ1n) is 11.8. The molecule has 0 bridgehead atoms. The number of amides is 2. The van der Waals surface area contributed by atoms with E-state index in [9.17, 15) is 9.59 Å². The second-order valence-electron chi connectivity index (χ2n) is 9.32. The van der Waals surface area contributed by atoms with E-state index < -0.39 is 11.4 Å². The molecule has 3 aromatic rings. The number of anilines is 2. The van der Waals surface area contributed by atoms with Crippen LogP contribution in [0.2, 0.25) is 5.02 Å². The fourth-order valence-corrected chi connectivity index (χ4v) is 4.03. The Hall–Kier alpha value is -3.46. The molecule has 1 fully saturated rings. The maximum atomic E-state index is 13.4. The van der Waals surface area contributed by atoms with Gasteiger partial charge in [-0.1, -0.05) is 29.8 Å². The summed E-state index contributed by atoms with van der Waals surface area (Å²) in [6.07, 6.45) is 3.14. The van der Waals surface area contributed by atoms with Crippen molar-refractivity contribution in [3.63, 3.8) is 0 Å². The maximum Gasteiger partial charge on any atom is 0.259 e. The van der Waals surface area contributed by atoms with Crippen LogP contribution in [0.15, 0.2) is 60.8 Å². The summed E-state index contributed by atoms with van der Waals surface area (Å²) >= 11 is 5.87. The van der Waals surface area contributed by atoms with E-state index in [0.717, 1.165) is 31.5 Å². The van der Waals surface area contributed by atoms with Crippen molar-refractivity contribution in [2.24, 2.45) is 5.73 Å². The molecule has 5 N–H and O–H groups in total. The molecule has 0 saturated carbocycles. The third-order valence-electron chi connectivity index (χ3n) is 5.94. The minimum atomic E-state index is -0.596. The molecule has 36 heavy (non-hydrogen) atoms. The molecule has 0 unspecified atom stereocenters. The number of para-hydroxylation sites is 1. The lowest BCUT2D eigenvalue weighted by Crippen LogP contribution is -2.35. The zero-order valence-corrected chi connectivity index (χ0v) is 21.1. The van der Waals surface area contributed by atoms with E-state index in [-0.39, 0.29) is 12.0 Å². The number of pyridine rings is 1. The van der Waals surface area contributed by atoms with Gasteiger partial charge in [0.2, 0.25) is 0 Å². The first-order chi connectivity index (χ1) is 17.2. The first-order valence-corrected chi connectivity index (χ1v) is 12.2. The van der Waals surface area contributed by atoms with Crippen LogP contribution in [0.3, 0.4) is 0 Å². The summed E-state index contributed by atoms with van der Waals surface area (Å²) in [5.74, 6) is 0.0307. The van der Waals surface area contributed by atoms with Crippen LogP contribution in [0.5, 0.6) is 5.75 Å². The fourth-order valence-electron chi connectivity index (χ4n) is 3.91. The number of nitrogens with one attached hydrogen (secondary N) is 3. The maximum absolute atomic E-state index is 13.4. The van der Waals surface area contributed by atoms with Gasteiger partial charge in [-0.05, 0) is 81.7 Å². The van der Waals surface area contributed by atoms with Gasteiger partial charge in [0, 0.05) is 11.7 Å². The number of piperidine rings is 1. The summed E-state index contributed by atoms with van der Waals surface area (Å²) in [4.78, 5) is 30.5. The van der Waals surface area contributed by atoms with Crippen molar-refractivity contribution in [1.29, 1.82) is 0 Å². The SMILES string of the molecule is CC(C)(N)c1ccc(C(=O)Nc2ccccc2C(=O)Nc2ccc(Cl)cn2)c(OC2CCNCC2)c1. The van der Waals surface area contributed by atoms with E-state index in [0.29, 0.717) is 33.4 Å².